The number of imidazole rings is 1. The van der Waals surface area contributed by atoms with Gasteiger partial charge in [0.1, 0.15) is 11.6 Å². The van der Waals surface area contributed by atoms with E-state index in [2.05, 4.69) is 25.0 Å². The molecule has 6 nitrogen and oxygen atoms in total. The summed E-state index contributed by atoms with van der Waals surface area (Å²) in [5, 5.41) is 3.88. The van der Waals surface area contributed by atoms with Gasteiger partial charge in [-0.05, 0) is 25.2 Å². The van der Waals surface area contributed by atoms with Crippen LogP contribution in [0, 0.1) is 5.82 Å². The lowest BCUT2D eigenvalue weighted by molar-refractivity contribution is 0.267. The number of aromatic nitrogens is 4. The second kappa shape index (κ2) is 6.23. The minimum absolute atomic E-state index is 0.261. The first-order valence-corrected chi connectivity index (χ1v) is 7.28. The molecule has 2 heterocycles. The summed E-state index contributed by atoms with van der Waals surface area (Å²) in [7, 11) is 1.98. The van der Waals surface area contributed by atoms with Gasteiger partial charge in [0.05, 0.1) is 17.6 Å². The van der Waals surface area contributed by atoms with E-state index in [1.807, 2.05) is 14.0 Å². The number of likely N-dealkylation sites (N-methyl/N-ethyl adjacent to an activating group) is 1. The Kier molecular flexibility index (Phi) is 4.15. The van der Waals surface area contributed by atoms with E-state index in [1.165, 1.54) is 12.1 Å². The molecule has 116 valence electrons. The normalized spacial score (nSPS) is 11.6. The van der Waals surface area contributed by atoms with Crippen molar-refractivity contribution in [3.8, 4) is 0 Å². The fourth-order valence-corrected chi connectivity index (χ4v) is 2.26. The smallest absolute Gasteiger partial charge is 0.240 e. The number of halogens is 1. The molecule has 0 aliphatic heterocycles. The van der Waals surface area contributed by atoms with Crippen LogP contribution in [0.15, 0.2) is 22.7 Å². The van der Waals surface area contributed by atoms with Gasteiger partial charge < -0.3 is 9.51 Å². The molecule has 0 bridgehead atoms. The van der Waals surface area contributed by atoms with Crippen LogP contribution in [-0.4, -0.2) is 38.6 Å². The predicted molar refractivity (Wildman–Crippen MR) is 79.8 cm³/mol. The van der Waals surface area contributed by atoms with E-state index in [-0.39, 0.29) is 5.82 Å². The zero-order valence-electron chi connectivity index (χ0n) is 12.6. The first-order valence-electron chi connectivity index (χ1n) is 7.28. The van der Waals surface area contributed by atoms with Crippen LogP contribution in [0.1, 0.15) is 24.5 Å². The van der Waals surface area contributed by atoms with Crippen molar-refractivity contribution in [2.45, 2.75) is 26.3 Å². The summed E-state index contributed by atoms with van der Waals surface area (Å²) in [6.07, 6.45) is 1.50. The van der Waals surface area contributed by atoms with Gasteiger partial charge in [0, 0.05) is 19.4 Å². The molecular weight excluding hydrogens is 285 g/mol. The Hall–Kier alpha value is -2.28. The second-order valence-corrected chi connectivity index (χ2v) is 5.29. The van der Waals surface area contributed by atoms with Gasteiger partial charge in [0.25, 0.3) is 0 Å². The Balaban J connectivity index is 1.58. The van der Waals surface area contributed by atoms with E-state index in [1.54, 1.807) is 6.07 Å². The van der Waals surface area contributed by atoms with E-state index in [0.717, 1.165) is 42.1 Å². The zero-order chi connectivity index (χ0) is 15.5. The molecule has 0 amide bonds. The van der Waals surface area contributed by atoms with Crippen LogP contribution in [0.3, 0.4) is 0 Å². The number of rotatable bonds is 6. The first kappa shape index (κ1) is 14.6. The molecule has 2 aromatic heterocycles. The standard InChI is InChI=1S/C15H18FN5O/c1-3-13-19-15(22-20-13)9-21(2)7-6-14-17-11-5-4-10(16)8-12(11)18-14/h4-5,8H,3,6-7,9H2,1-2H3,(H,17,18). The summed E-state index contributed by atoms with van der Waals surface area (Å²) in [5.74, 6) is 1.92. The van der Waals surface area contributed by atoms with Gasteiger partial charge in [-0.25, -0.2) is 9.37 Å². The van der Waals surface area contributed by atoms with Gasteiger partial charge in [-0.15, -0.1) is 0 Å². The van der Waals surface area contributed by atoms with Crippen LogP contribution in [0.2, 0.25) is 0 Å². The van der Waals surface area contributed by atoms with E-state index < -0.39 is 0 Å². The molecule has 0 atom stereocenters. The van der Waals surface area contributed by atoms with Crippen LogP contribution >= 0.6 is 0 Å². The molecule has 0 saturated heterocycles. The highest BCUT2D eigenvalue weighted by atomic mass is 19.1. The van der Waals surface area contributed by atoms with Crippen molar-refractivity contribution in [3.63, 3.8) is 0 Å². The minimum Gasteiger partial charge on any atom is -0.342 e. The summed E-state index contributed by atoms with van der Waals surface area (Å²) in [6, 6.07) is 4.55. The van der Waals surface area contributed by atoms with E-state index in [9.17, 15) is 4.39 Å². The molecule has 22 heavy (non-hydrogen) atoms. The average molecular weight is 303 g/mol. The molecule has 3 aromatic rings. The van der Waals surface area contributed by atoms with Gasteiger partial charge >= 0.3 is 0 Å². The number of aromatic amines is 1. The van der Waals surface area contributed by atoms with Gasteiger partial charge in [-0.2, -0.15) is 4.98 Å². The second-order valence-electron chi connectivity index (χ2n) is 5.29. The Morgan fingerprint density at radius 1 is 1.32 bits per heavy atom. The van der Waals surface area contributed by atoms with Crippen molar-refractivity contribution in [1.82, 2.24) is 25.0 Å². The average Bonchev–Trinajstić information content (AvgIpc) is 3.10. The lowest BCUT2D eigenvalue weighted by Gasteiger charge is -2.12. The van der Waals surface area contributed by atoms with Crippen molar-refractivity contribution in [2.24, 2.45) is 0 Å². The Labute approximate surface area is 127 Å². The number of hydrogen-bond acceptors (Lipinski definition) is 5. The molecule has 0 saturated carbocycles. The number of fused-ring (bicyclic) bond motifs is 1. The molecule has 1 aromatic carbocycles. The van der Waals surface area contributed by atoms with E-state index in [4.69, 9.17) is 4.52 Å². The van der Waals surface area contributed by atoms with E-state index >= 15 is 0 Å². The fraction of sp³-hybridized carbons (Fsp3) is 0.400. The fourth-order valence-electron chi connectivity index (χ4n) is 2.26. The highest BCUT2D eigenvalue weighted by Gasteiger charge is 2.09. The molecule has 0 aliphatic carbocycles. The number of aryl methyl sites for hydroxylation is 1. The summed E-state index contributed by atoms with van der Waals surface area (Å²) in [4.78, 5) is 14.0. The van der Waals surface area contributed by atoms with Gasteiger partial charge in [-0.1, -0.05) is 12.1 Å². The number of benzene rings is 1. The van der Waals surface area contributed by atoms with Crippen LogP contribution in [0.5, 0.6) is 0 Å². The van der Waals surface area contributed by atoms with Gasteiger partial charge in [0.2, 0.25) is 5.89 Å². The number of hydrogen-bond donors (Lipinski definition) is 1. The largest absolute Gasteiger partial charge is 0.342 e. The van der Waals surface area contributed by atoms with E-state index in [0.29, 0.717) is 12.4 Å². The zero-order valence-corrected chi connectivity index (χ0v) is 12.6. The molecule has 0 fully saturated rings. The topological polar surface area (TPSA) is 70.8 Å². The molecule has 0 spiro atoms. The third-order valence-corrected chi connectivity index (χ3v) is 3.45. The van der Waals surface area contributed by atoms with Crippen molar-refractivity contribution in [1.29, 1.82) is 0 Å². The molecule has 7 heteroatoms. The Bertz CT molecular complexity index is 766. The molecule has 0 aliphatic rings. The lowest BCUT2D eigenvalue weighted by atomic mass is 10.3. The summed E-state index contributed by atoms with van der Waals surface area (Å²) in [5.41, 5.74) is 1.51. The van der Waals surface area contributed by atoms with Crippen molar-refractivity contribution >= 4 is 11.0 Å². The monoisotopic (exact) mass is 303 g/mol. The Morgan fingerprint density at radius 3 is 2.95 bits per heavy atom. The number of nitrogens with zero attached hydrogens (tertiary/aromatic N) is 4. The molecule has 0 unspecified atom stereocenters. The molecule has 1 N–H and O–H groups in total. The van der Waals surface area contributed by atoms with Crippen LogP contribution < -0.4 is 0 Å². The van der Waals surface area contributed by atoms with Gasteiger partial charge in [0.15, 0.2) is 5.82 Å². The lowest BCUT2D eigenvalue weighted by Crippen LogP contribution is -2.21. The predicted octanol–water partition coefficient (Wildman–Crippen LogP) is 2.32. The van der Waals surface area contributed by atoms with Gasteiger partial charge in [-0.3, -0.25) is 4.90 Å². The van der Waals surface area contributed by atoms with Crippen molar-refractivity contribution < 1.29 is 8.91 Å². The number of H-pyrrole nitrogens is 1. The van der Waals surface area contributed by atoms with Crippen LogP contribution in [-0.2, 0) is 19.4 Å². The molecular formula is C15H18FN5O. The third kappa shape index (κ3) is 3.30. The molecule has 0 radical (unpaired) electrons. The minimum atomic E-state index is -0.261. The summed E-state index contributed by atoms with van der Waals surface area (Å²) >= 11 is 0. The maximum atomic E-state index is 13.2. The quantitative estimate of drug-likeness (QED) is 0.756. The Morgan fingerprint density at radius 2 is 2.18 bits per heavy atom. The van der Waals surface area contributed by atoms with Crippen LogP contribution in [0.25, 0.3) is 11.0 Å². The van der Waals surface area contributed by atoms with Crippen molar-refractivity contribution in [2.75, 3.05) is 13.6 Å². The maximum absolute atomic E-state index is 13.2. The number of nitrogens with one attached hydrogen (secondary N) is 1. The van der Waals surface area contributed by atoms with Crippen molar-refractivity contribution in [3.05, 3.63) is 41.6 Å². The highest BCUT2D eigenvalue weighted by Crippen LogP contribution is 2.13. The first-order chi connectivity index (χ1) is 10.6. The maximum Gasteiger partial charge on any atom is 0.240 e. The molecule has 3 rings (SSSR count). The van der Waals surface area contributed by atoms with Crippen LogP contribution in [0.4, 0.5) is 4.39 Å². The third-order valence-electron chi connectivity index (χ3n) is 3.45. The SMILES string of the molecule is CCc1noc(CN(C)CCc2nc3ccc(F)cc3[nH]2)n1. The summed E-state index contributed by atoms with van der Waals surface area (Å²) in [6.45, 7) is 3.37. The summed E-state index contributed by atoms with van der Waals surface area (Å²) < 4.78 is 18.3. The highest BCUT2D eigenvalue weighted by molar-refractivity contribution is 5.74.